The first kappa shape index (κ1) is 6.67. The van der Waals surface area contributed by atoms with Crippen LogP contribution in [0.4, 0.5) is 5.13 Å². The molecule has 0 aliphatic rings. The number of nitrogens with zero attached hydrogens (tertiary/aromatic N) is 1. The molecule has 0 atom stereocenters. The Hall–Kier alpha value is -1.03. The Morgan fingerprint density at radius 2 is 2.27 bits per heavy atom. The van der Waals surface area contributed by atoms with Crippen molar-refractivity contribution >= 4 is 40.0 Å². The molecule has 2 aromatic rings. The van der Waals surface area contributed by atoms with E-state index in [1.54, 1.807) is 0 Å². The van der Waals surface area contributed by atoms with Crippen molar-refractivity contribution in [3.8, 4) is 0 Å². The second kappa shape index (κ2) is 2.24. The van der Waals surface area contributed by atoms with Crippen LogP contribution in [0.1, 0.15) is 0 Å². The van der Waals surface area contributed by atoms with Gasteiger partial charge >= 0.3 is 0 Å². The van der Waals surface area contributed by atoms with Gasteiger partial charge in [0.2, 0.25) is 0 Å². The summed E-state index contributed by atoms with van der Waals surface area (Å²) in [6.45, 7) is 0. The molecule has 2 rings (SSSR count). The summed E-state index contributed by atoms with van der Waals surface area (Å²) in [7, 11) is 2.05. The highest BCUT2D eigenvalue weighted by molar-refractivity contribution is 7.22. The molecule has 0 amide bonds. The zero-order valence-corrected chi connectivity index (χ0v) is 6.98. The maximum Gasteiger partial charge on any atom is 0.181 e. The Labute approximate surface area is 69.5 Å². The van der Waals surface area contributed by atoms with Gasteiger partial charge in [-0.2, -0.15) is 0 Å². The van der Waals surface area contributed by atoms with Crippen LogP contribution < -0.4 is 11.2 Å². The first-order chi connectivity index (χ1) is 5.25. The predicted octanol–water partition coefficient (Wildman–Crippen LogP) is 0.137. The van der Waals surface area contributed by atoms with E-state index < -0.39 is 0 Å². The summed E-state index contributed by atoms with van der Waals surface area (Å²) in [4.78, 5) is 4.17. The molecule has 0 radical (unpaired) electrons. The first-order valence-corrected chi connectivity index (χ1v) is 4.20. The SMILES string of the molecule is Bc1ccc2sc(N)nc2c1. The Morgan fingerprint density at radius 1 is 1.45 bits per heavy atom. The van der Waals surface area contributed by atoms with E-state index in [9.17, 15) is 0 Å². The van der Waals surface area contributed by atoms with Gasteiger partial charge in [-0.1, -0.05) is 22.9 Å². The van der Waals surface area contributed by atoms with E-state index in [-0.39, 0.29) is 0 Å². The van der Waals surface area contributed by atoms with Crippen molar-refractivity contribution < 1.29 is 0 Å². The van der Waals surface area contributed by atoms with Gasteiger partial charge in [0.05, 0.1) is 10.2 Å². The minimum Gasteiger partial charge on any atom is -0.375 e. The lowest BCUT2D eigenvalue weighted by Gasteiger charge is -1.88. The number of hydrogen-bond acceptors (Lipinski definition) is 3. The molecule has 54 valence electrons. The second-order valence-electron chi connectivity index (χ2n) is 2.52. The predicted molar refractivity (Wildman–Crippen MR) is 52.2 cm³/mol. The molecule has 0 saturated carbocycles. The monoisotopic (exact) mass is 162 g/mol. The van der Waals surface area contributed by atoms with E-state index in [4.69, 9.17) is 5.73 Å². The molecule has 0 unspecified atom stereocenters. The zero-order chi connectivity index (χ0) is 7.84. The van der Waals surface area contributed by atoms with Crippen LogP contribution in [0.15, 0.2) is 18.2 Å². The molecule has 11 heavy (non-hydrogen) atoms. The maximum atomic E-state index is 5.55. The lowest BCUT2D eigenvalue weighted by atomic mass is 9.96. The van der Waals surface area contributed by atoms with Crippen LogP contribution in [0.2, 0.25) is 0 Å². The molecule has 0 aliphatic carbocycles. The molecular formula is C7H7BN2S. The van der Waals surface area contributed by atoms with Gasteiger partial charge in [-0.05, 0) is 12.1 Å². The van der Waals surface area contributed by atoms with Gasteiger partial charge in [-0.3, -0.25) is 0 Å². The van der Waals surface area contributed by atoms with Crippen LogP contribution >= 0.6 is 11.3 Å². The molecule has 0 fully saturated rings. The number of fused-ring (bicyclic) bond motifs is 1. The Balaban J connectivity index is 2.82. The number of benzene rings is 1. The summed E-state index contributed by atoms with van der Waals surface area (Å²) in [6, 6.07) is 6.17. The van der Waals surface area contributed by atoms with Crippen molar-refractivity contribution in [1.29, 1.82) is 0 Å². The average Bonchev–Trinajstić information content (AvgIpc) is 2.27. The van der Waals surface area contributed by atoms with Crippen LogP contribution in [-0.4, -0.2) is 12.8 Å². The summed E-state index contributed by atoms with van der Waals surface area (Å²) in [5.41, 5.74) is 7.78. The van der Waals surface area contributed by atoms with Crippen LogP contribution in [0.3, 0.4) is 0 Å². The highest BCUT2D eigenvalue weighted by Crippen LogP contribution is 2.21. The third-order valence-corrected chi connectivity index (χ3v) is 2.43. The first-order valence-electron chi connectivity index (χ1n) is 3.38. The molecule has 0 spiro atoms. The zero-order valence-electron chi connectivity index (χ0n) is 6.16. The summed E-state index contributed by atoms with van der Waals surface area (Å²) in [5.74, 6) is 0. The van der Waals surface area contributed by atoms with E-state index in [0.29, 0.717) is 5.13 Å². The lowest BCUT2D eigenvalue weighted by Crippen LogP contribution is -1.98. The molecule has 2 N–H and O–H groups in total. The lowest BCUT2D eigenvalue weighted by molar-refractivity contribution is 1.50. The van der Waals surface area contributed by atoms with Crippen LogP contribution in [-0.2, 0) is 0 Å². The molecule has 1 heterocycles. The van der Waals surface area contributed by atoms with Gasteiger partial charge in [-0.25, -0.2) is 4.98 Å². The number of nitrogen functional groups attached to an aromatic ring is 1. The summed E-state index contributed by atoms with van der Waals surface area (Å²) in [6.07, 6.45) is 0. The number of thiazole rings is 1. The number of hydrogen-bond donors (Lipinski definition) is 1. The van der Waals surface area contributed by atoms with Crippen molar-refractivity contribution in [2.75, 3.05) is 5.73 Å². The van der Waals surface area contributed by atoms with E-state index in [0.717, 1.165) is 10.2 Å². The Kier molecular flexibility index (Phi) is 1.36. The summed E-state index contributed by atoms with van der Waals surface area (Å²) < 4.78 is 1.16. The van der Waals surface area contributed by atoms with Crippen molar-refractivity contribution in [2.45, 2.75) is 0 Å². The van der Waals surface area contributed by atoms with Crippen molar-refractivity contribution in [3.63, 3.8) is 0 Å². The average molecular weight is 162 g/mol. The van der Waals surface area contributed by atoms with Crippen LogP contribution in [0, 0.1) is 0 Å². The number of anilines is 1. The Morgan fingerprint density at radius 3 is 3.09 bits per heavy atom. The van der Waals surface area contributed by atoms with Crippen LogP contribution in [0.25, 0.3) is 10.2 Å². The summed E-state index contributed by atoms with van der Waals surface area (Å²) >= 11 is 1.53. The standard InChI is InChI=1S/C7H7BN2S/c8-4-1-2-6-5(3-4)10-7(9)11-6/h1-3H,8H2,(H2,9,10). The molecular weight excluding hydrogens is 155 g/mol. The molecule has 4 heteroatoms. The van der Waals surface area contributed by atoms with Gasteiger partial charge in [0.15, 0.2) is 5.13 Å². The number of aromatic nitrogens is 1. The van der Waals surface area contributed by atoms with E-state index in [1.807, 2.05) is 6.07 Å². The number of rotatable bonds is 0. The third-order valence-electron chi connectivity index (χ3n) is 1.56. The van der Waals surface area contributed by atoms with Gasteiger partial charge in [0.25, 0.3) is 0 Å². The van der Waals surface area contributed by atoms with Gasteiger partial charge in [0.1, 0.15) is 7.85 Å². The molecule has 1 aromatic heterocycles. The van der Waals surface area contributed by atoms with Gasteiger partial charge in [0, 0.05) is 0 Å². The summed E-state index contributed by atoms with van der Waals surface area (Å²) in [5, 5.41) is 0.644. The molecule has 1 aromatic carbocycles. The molecule has 2 nitrogen and oxygen atoms in total. The van der Waals surface area contributed by atoms with Crippen molar-refractivity contribution in [2.24, 2.45) is 0 Å². The fourth-order valence-corrected chi connectivity index (χ4v) is 1.77. The molecule has 0 bridgehead atoms. The minimum absolute atomic E-state index is 0.644. The normalized spacial score (nSPS) is 10.5. The minimum atomic E-state index is 0.644. The topological polar surface area (TPSA) is 38.9 Å². The van der Waals surface area contributed by atoms with Gasteiger partial charge < -0.3 is 5.73 Å². The van der Waals surface area contributed by atoms with Crippen molar-refractivity contribution in [3.05, 3.63) is 18.2 Å². The quantitative estimate of drug-likeness (QED) is 0.559. The maximum absolute atomic E-state index is 5.55. The van der Waals surface area contributed by atoms with E-state index in [1.165, 1.54) is 16.8 Å². The van der Waals surface area contributed by atoms with E-state index in [2.05, 4.69) is 25.0 Å². The van der Waals surface area contributed by atoms with Gasteiger partial charge in [-0.15, -0.1) is 0 Å². The fourth-order valence-electron chi connectivity index (χ4n) is 1.06. The molecule has 0 aliphatic heterocycles. The van der Waals surface area contributed by atoms with E-state index >= 15 is 0 Å². The highest BCUT2D eigenvalue weighted by atomic mass is 32.1. The number of nitrogens with two attached hydrogens (primary N) is 1. The van der Waals surface area contributed by atoms with Crippen LogP contribution in [0.5, 0.6) is 0 Å². The highest BCUT2D eigenvalue weighted by Gasteiger charge is 1.98. The fraction of sp³-hybridized carbons (Fsp3) is 0. The smallest absolute Gasteiger partial charge is 0.181 e. The Bertz CT molecular complexity index is 396. The van der Waals surface area contributed by atoms with Crippen molar-refractivity contribution in [1.82, 2.24) is 4.98 Å². The second-order valence-corrected chi connectivity index (χ2v) is 3.59. The molecule has 0 saturated heterocycles. The largest absolute Gasteiger partial charge is 0.375 e. The third kappa shape index (κ3) is 1.09.